The normalized spacial score (nSPS) is 14.9. The van der Waals surface area contributed by atoms with E-state index in [1.807, 2.05) is 41.3 Å². The third-order valence-corrected chi connectivity index (χ3v) is 5.52. The number of benzene rings is 1. The van der Waals surface area contributed by atoms with Gasteiger partial charge in [-0.05, 0) is 29.8 Å². The second kappa shape index (κ2) is 8.08. The Morgan fingerprint density at radius 3 is 2.77 bits per heavy atom. The molecule has 8 heteroatoms. The van der Waals surface area contributed by atoms with Gasteiger partial charge in [0.15, 0.2) is 0 Å². The number of hydrogen-bond donors (Lipinski definition) is 0. The molecule has 0 aliphatic carbocycles. The summed E-state index contributed by atoms with van der Waals surface area (Å²) >= 11 is 0. The predicted octanol–water partition coefficient (Wildman–Crippen LogP) is 2.52. The lowest BCUT2D eigenvalue weighted by molar-refractivity contribution is 0.250. The van der Waals surface area contributed by atoms with Gasteiger partial charge in [0.05, 0.1) is 19.0 Å². The molecule has 1 fully saturated rings. The number of anilines is 1. The maximum absolute atomic E-state index is 5.61. The van der Waals surface area contributed by atoms with E-state index in [9.17, 15) is 0 Å². The summed E-state index contributed by atoms with van der Waals surface area (Å²) in [5.74, 6) is 1.41. The van der Waals surface area contributed by atoms with Crippen LogP contribution in [0.2, 0.25) is 0 Å². The highest BCUT2D eigenvalue weighted by Crippen LogP contribution is 2.31. The summed E-state index contributed by atoms with van der Waals surface area (Å²) in [6.45, 7) is 4.95. The van der Waals surface area contributed by atoms with E-state index in [1.54, 1.807) is 13.4 Å². The van der Waals surface area contributed by atoms with Gasteiger partial charge in [-0.2, -0.15) is 0 Å². The van der Waals surface area contributed by atoms with Gasteiger partial charge in [0.1, 0.15) is 12.1 Å². The van der Waals surface area contributed by atoms with Gasteiger partial charge >= 0.3 is 0 Å². The average Bonchev–Trinajstić information content (AvgIpc) is 3.28. The van der Waals surface area contributed by atoms with Gasteiger partial charge in [0, 0.05) is 62.4 Å². The summed E-state index contributed by atoms with van der Waals surface area (Å²) in [6.07, 6.45) is 9.21. The summed E-state index contributed by atoms with van der Waals surface area (Å²) in [5.41, 5.74) is 4.44. The zero-order chi connectivity index (χ0) is 20.3. The van der Waals surface area contributed by atoms with Gasteiger partial charge in [0.25, 0.3) is 5.78 Å². The molecule has 0 spiro atoms. The van der Waals surface area contributed by atoms with Crippen LogP contribution in [0, 0.1) is 0 Å². The monoisotopic (exact) mass is 401 g/mol. The first kappa shape index (κ1) is 18.5. The van der Waals surface area contributed by atoms with E-state index in [1.165, 1.54) is 11.3 Å². The molecule has 5 rings (SSSR count). The minimum Gasteiger partial charge on any atom is -0.496 e. The molecule has 0 amide bonds. The minimum absolute atomic E-state index is 0.584. The van der Waals surface area contributed by atoms with E-state index in [0.717, 1.165) is 49.6 Å². The van der Waals surface area contributed by atoms with E-state index in [0.29, 0.717) is 5.78 Å². The fourth-order valence-electron chi connectivity index (χ4n) is 3.91. The Bertz CT molecular complexity index is 1140. The van der Waals surface area contributed by atoms with Gasteiger partial charge in [-0.1, -0.05) is 6.07 Å². The molecule has 3 aromatic heterocycles. The zero-order valence-corrected chi connectivity index (χ0v) is 16.8. The van der Waals surface area contributed by atoms with E-state index >= 15 is 0 Å². The molecular formula is C22H23N7O. The van der Waals surface area contributed by atoms with Gasteiger partial charge < -0.3 is 9.64 Å². The first-order valence-corrected chi connectivity index (χ1v) is 10.0. The highest BCUT2D eigenvalue weighted by Gasteiger charge is 2.18. The number of piperazine rings is 1. The lowest BCUT2D eigenvalue weighted by Gasteiger charge is -2.36. The number of rotatable bonds is 5. The summed E-state index contributed by atoms with van der Waals surface area (Å²) in [7, 11) is 1.70. The third kappa shape index (κ3) is 3.69. The van der Waals surface area contributed by atoms with Gasteiger partial charge in [-0.3, -0.25) is 14.3 Å². The lowest BCUT2D eigenvalue weighted by Crippen LogP contribution is -2.46. The van der Waals surface area contributed by atoms with Crippen molar-refractivity contribution >= 4 is 11.5 Å². The maximum atomic E-state index is 5.61. The van der Waals surface area contributed by atoms with Crippen molar-refractivity contribution in [1.82, 2.24) is 29.5 Å². The van der Waals surface area contributed by atoms with Crippen molar-refractivity contribution in [2.45, 2.75) is 6.54 Å². The molecule has 152 valence electrons. The molecule has 0 saturated carbocycles. The first-order valence-electron chi connectivity index (χ1n) is 10.0. The van der Waals surface area contributed by atoms with Crippen LogP contribution in [0.3, 0.4) is 0 Å². The van der Waals surface area contributed by atoms with Crippen LogP contribution in [0.25, 0.3) is 16.9 Å². The number of aromatic nitrogens is 5. The van der Waals surface area contributed by atoms with Crippen LogP contribution >= 0.6 is 0 Å². The Hall–Kier alpha value is -3.52. The van der Waals surface area contributed by atoms with Crippen molar-refractivity contribution in [3.05, 3.63) is 67.0 Å². The molecule has 0 radical (unpaired) electrons. The Morgan fingerprint density at radius 1 is 1.07 bits per heavy atom. The van der Waals surface area contributed by atoms with E-state index < -0.39 is 0 Å². The van der Waals surface area contributed by atoms with Gasteiger partial charge in [0.2, 0.25) is 0 Å². The Balaban J connectivity index is 1.32. The summed E-state index contributed by atoms with van der Waals surface area (Å²) in [6, 6.07) is 10.5. The summed E-state index contributed by atoms with van der Waals surface area (Å²) in [4.78, 5) is 13.5. The van der Waals surface area contributed by atoms with Crippen LogP contribution in [0.5, 0.6) is 5.75 Å². The molecule has 1 aromatic carbocycles. The van der Waals surface area contributed by atoms with Crippen LogP contribution in [0.4, 0.5) is 5.69 Å². The van der Waals surface area contributed by atoms with Crippen LogP contribution < -0.4 is 9.64 Å². The molecule has 0 bridgehead atoms. The number of hydrogen-bond acceptors (Lipinski definition) is 7. The van der Waals surface area contributed by atoms with Crippen molar-refractivity contribution in [1.29, 1.82) is 0 Å². The molecule has 1 aliphatic rings. The second-order valence-corrected chi connectivity index (χ2v) is 7.39. The van der Waals surface area contributed by atoms with Crippen LogP contribution in [-0.2, 0) is 6.54 Å². The largest absolute Gasteiger partial charge is 0.496 e. The number of fused-ring (bicyclic) bond motifs is 1. The van der Waals surface area contributed by atoms with Crippen molar-refractivity contribution in [2.24, 2.45) is 0 Å². The van der Waals surface area contributed by atoms with Gasteiger partial charge in [-0.25, -0.2) is 4.98 Å². The summed E-state index contributed by atoms with van der Waals surface area (Å²) < 4.78 is 7.43. The number of nitrogens with zero attached hydrogens (tertiary/aromatic N) is 7. The summed E-state index contributed by atoms with van der Waals surface area (Å²) in [5, 5.41) is 7.88. The molecular weight excluding hydrogens is 378 g/mol. The quantitative estimate of drug-likeness (QED) is 0.509. The average molecular weight is 401 g/mol. The number of pyridine rings is 1. The highest BCUT2D eigenvalue weighted by atomic mass is 16.5. The molecule has 4 heterocycles. The fraction of sp³-hybridized carbons (Fsp3) is 0.273. The molecule has 8 nitrogen and oxygen atoms in total. The molecule has 0 N–H and O–H groups in total. The first-order chi connectivity index (χ1) is 14.8. The lowest BCUT2D eigenvalue weighted by atomic mass is 10.0. The molecule has 4 aromatic rings. The van der Waals surface area contributed by atoms with Crippen LogP contribution in [-0.4, -0.2) is 62.8 Å². The Kier molecular flexibility index (Phi) is 4.98. The topological polar surface area (TPSA) is 71.7 Å². The minimum atomic E-state index is 0.584. The fourth-order valence-corrected chi connectivity index (χ4v) is 3.91. The molecule has 1 aliphatic heterocycles. The SMILES string of the molecule is COc1ccc(CN2CCN(c3cccnc3)CC2)cc1-c1cnc2nncn2c1. The van der Waals surface area contributed by atoms with Crippen molar-refractivity contribution in [2.75, 3.05) is 38.2 Å². The van der Waals surface area contributed by atoms with Gasteiger partial charge in [-0.15, -0.1) is 10.2 Å². The van der Waals surface area contributed by atoms with Crippen molar-refractivity contribution in [3.63, 3.8) is 0 Å². The molecule has 1 saturated heterocycles. The Morgan fingerprint density at radius 2 is 1.97 bits per heavy atom. The van der Waals surface area contributed by atoms with Crippen molar-refractivity contribution in [3.8, 4) is 16.9 Å². The molecule has 0 unspecified atom stereocenters. The smallest absolute Gasteiger partial charge is 0.254 e. The predicted molar refractivity (Wildman–Crippen MR) is 114 cm³/mol. The standard InChI is InChI=1S/C22H23N7O/c1-30-21-5-4-17(11-20(21)18-12-24-22-26-25-16-29(22)15-18)14-27-7-9-28(10-8-27)19-3-2-6-23-13-19/h2-6,11-13,15-16H,7-10,14H2,1H3. The molecule has 0 atom stereocenters. The third-order valence-electron chi connectivity index (χ3n) is 5.52. The van der Waals surface area contributed by atoms with Crippen molar-refractivity contribution < 1.29 is 4.74 Å². The van der Waals surface area contributed by atoms with E-state index in [2.05, 4.69) is 48.2 Å². The highest BCUT2D eigenvalue weighted by molar-refractivity contribution is 5.70. The van der Waals surface area contributed by atoms with E-state index in [4.69, 9.17) is 4.74 Å². The second-order valence-electron chi connectivity index (χ2n) is 7.39. The number of methoxy groups -OCH3 is 1. The maximum Gasteiger partial charge on any atom is 0.254 e. The van der Waals surface area contributed by atoms with E-state index in [-0.39, 0.29) is 0 Å². The van der Waals surface area contributed by atoms with Crippen LogP contribution in [0.15, 0.2) is 61.4 Å². The van der Waals surface area contributed by atoms with Crippen LogP contribution in [0.1, 0.15) is 5.56 Å². The number of ether oxygens (including phenoxy) is 1. The molecule has 30 heavy (non-hydrogen) atoms. The Labute approximate surface area is 174 Å². The zero-order valence-electron chi connectivity index (χ0n) is 16.8.